The number of H-pyrrole nitrogens is 1. The lowest BCUT2D eigenvalue weighted by atomic mass is 10.1. The summed E-state index contributed by atoms with van der Waals surface area (Å²) in [7, 11) is 0. The van der Waals surface area contributed by atoms with E-state index >= 15 is 0 Å². The second kappa shape index (κ2) is 4.75. The Hall–Kier alpha value is -2.21. The predicted molar refractivity (Wildman–Crippen MR) is 60.6 cm³/mol. The number of phenols is 3. The molecule has 0 saturated carbocycles. The smallest absolute Gasteiger partial charge is 0.200 e. The van der Waals surface area contributed by atoms with Crippen LogP contribution in [0.2, 0.25) is 0 Å². The summed E-state index contributed by atoms with van der Waals surface area (Å²) < 4.78 is 0. The highest BCUT2D eigenvalue weighted by molar-refractivity contribution is 5.52. The summed E-state index contributed by atoms with van der Waals surface area (Å²) in [5.74, 6) is -1.13. The summed E-state index contributed by atoms with van der Waals surface area (Å²) in [5, 5.41) is 31.1. The van der Waals surface area contributed by atoms with Crippen molar-refractivity contribution in [2.75, 3.05) is 0 Å². The Morgan fingerprint density at radius 1 is 1.12 bits per heavy atom. The lowest BCUT2D eigenvalue weighted by molar-refractivity contribution is 0.364. The number of benzene rings is 1. The van der Waals surface area contributed by atoms with Crippen LogP contribution in [0.25, 0.3) is 0 Å². The number of hydrogen-bond acceptors (Lipinski definition) is 5. The van der Waals surface area contributed by atoms with Crippen LogP contribution in [-0.4, -0.2) is 25.3 Å². The number of aromatic hydroxyl groups is 3. The zero-order chi connectivity index (χ0) is 12.3. The van der Waals surface area contributed by atoms with E-state index in [1.54, 1.807) is 18.6 Å². The van der Waals surface area contributed by atoms with Gasteiger partial charge < -0.3 is 25.6 Å². The van der Waals surface area contributed by atoms with Gasteiger partial charge in [0.05, 0.1) is 6.33 Å². The summed E-state index contributed by atoms with van der Waals surface area (Å²) in [6.07, 6.45) is 3.28. The van der Waals surface area contributed by atoms with Gasteiger partial charge in [0.1, 0.15) is 0 Å². The zero-order valence-electron chi connectivity index (χ0n) is 9.01. The van der Waals surface area contributed by atoms with Crippen LogP contribution in [0.4, 0.5) is 0 Å². The zero-order valence-corrected chi connectivity index (χ0v) is 9.01. The van der Waals surface area contributed by atoms with Crippen molar-refractivity contribution in [3.63, 3.8) is 0 Å². The number of aromatic nitrogens is 2. The van der Waals surface area contributed by atoms with Crippen molar-refractivity contribution in [3.8, 4) is 17.2 Å². The van der Waals surface area contributed by atoms with Gasteiger partial charge in [-0.3, -0.25) is 0 Å². The van der Waals surface area contributed by atoms with Crippen LogP contribution in [0.15, 0.2) is 24.7 Å². The number of phenolic OH excluding ortho intramolecular Hbond substituents is 3. The molecule has 2 aromatic rings. The van der Waals surface area contributed by atoms with Gasteiger partial charge in [0.25, 0.3) is 0 Å². The molecule has 0 aliphatic carbocycles. The molecule has 90 valence electrons. The molecule has 0 amide bonds. The molecule has 0 fully saturated rings. The van der Waals surface area contributed by atoms with Crippen molar-refractivity contribution < 1.29 is 15.3 Å². The summed E-state index contributed by atoms with van der Waals surface area (Å²) in [6, 6.07) is 2.88. The molecule has 0 aliphatic heterocycles. The van der Waals surface area contributed by atoms with Gasteiger partial charge in [-0.2, -0.15) is 0 Å². The fourth-order valence-electron chi connectivity index (χ4n) is 1.47. The lowest BCUT2D eigenvalue weighted by Crippen LogP contribution is -2.12. The first-order valence-electron chi connectivity index (χ1n) is 5.09. The van der Waals surface area contributed by atoms with E-state index < -0.39 is 5.75 Å². The number of nitrogens with zero attached hydrogens (tertiary/aromatic N) is 1. The molecular formula is C11H13N3O3. The summed E-state index contributed by atoms with van der Waals surface area (Å²) in [5.41, 5.74) is 1.44. The van der Waals surface area contributed by atoms with E-state index in [0.717, 1.165) is 5.69 Å². The van der Waals surface area contributed by atoms with E-state index in [1.807, 2.05) is 0 Å². The summed E-state index contributed by atoms with van der Waals surface area (Å²) >= 11 is 0. The number of rotatable bonds is 4. The Kier molecular flexibility index (Phi) is 3.15. The van der Waals surface area contributed by atoms with Crippen molar-refractivity contribution in [2.24, 2.45) is 0 Å². The Bertz CT molecular complexity index is 497. The third kappa shape index (κ3) is 2.48. The molecular weight excluding hydrogens is 222 g/mol. The first kappa shape index (κ1) is 11.3. The van der Waals surface area contributed by atoms with Crippen LogP contribution in [0.1, 0.15) is 11.3 Å². The minimum Gasteiger partial charge on any atom is -0.504 e. The fourth-order valence-corrected chi connectivity index (χ4v) is 1.47. The van der Waals surface area contributed by atoms with E-state index in [0.29, 0.717) is 18.7 Å². The van der Waals surface area contributed by atoms with Crippen molar-refractivity contribution >= 4 is 0 Å². The van der Waals surface area contributed by atoms with Crippen LogP contribution in [0.5, 0.6) is 17.2 Å². The Labute approximate surface area is 97.6 Å². The molecule has 2 rings (SSSR count). The van der Waals surface area contributed by atoms with Crippen LogP contribution in [-0.2, 0) is 13.1 Å². The average molecular weight is 235 g/mol. The van der Waals surface area contributed by atoms with E-state index in [9.17, 15) is 10.2 Å². The van der Waals surface area contributed by atoms with Crippen molar-refractivity contribution in [1.82, 2.24) is 15.3 Å². The molecule has 6 nitrogen and oxygen atoms in total. The van der Waals surface area contributed by atoms with Crippen molar-refractivity contribution in [2.45, 2.75) is 13.1 Å². The molecule has 1 heterocycles. The van der Waals surface area contributed by atoms with E-state index in [2.05, 4.69) is 15.3 Å². The molecule has 0 bridgehead atoms. The van der Waals surface area contributed by atoms with Crippen LogP contribution < -0.4 is 5.32 Å². The highest BCUT2D eigenvalue weighted by atomic mass is 16.3. The quantitative estimate of drug-likeness (QED) is 0.505. The van der Waals surface area contributed by atoms with Gasteiger partial charge in [-0.1, -0.05) is 6.07 Å². The standard InChI is InChI=1S/C11H13N3O3/c15-9-2-1-7(10(16)11(9)17)3-12-4-8-5-13-6-14-8/h1-2,5-6,12,15-17H,3-4H2,(H,13,14). The van der Waals surface area contributed by atoms with Gasteiger partial charge in [0.15, 0.2) is 11.5 Å². The molecule has 5 N–H and O–H groups in total. The largest absolute Gasteiger partial charge is 0.504 e. The van der Waals surface area contributed by atoms with Gasteiger partial charge in [-0.15, -0.1) is 0 Å². The molecule has 17 heavy (non-hydrogen) atoms. The molecule has 0 aliphatic rings. The number of aromatic amines is 1. The van der Waals surface area contributed by atoms with Gasteiger partial charge in [0.2, 0.25) is 5.75 Å². The van der Waals surface area contributed by atoms with Gasteiger partial charge >= 0.3 is 0 Å². The first-order chi connectivity index (χ1) is 8.18. The van der Waals surface area contributed by atoms with Gasteiger partial charge in [-0.25, -0.2) is 4.98 Å². The molecule has 6 heteroatoms. The molecule has 0 spiro atoms. The molecule has 0 saturated heterocycles. The van der Waals surface area contributed by atoms with Crippen LogP contribution in [0, 0.1) is 0 Å². The van der Waals surface area contributed by atoms with Gasteiger partial charge in [0, 0.05) is 30.5 Å². The Morgan fingerprint density at radius 2 is 1.94 bits per heavy atom. The third-order valence-corrected chi connectivity index (χ3v) is 2.40. The average Bonchev–Trinajstić information content (AvgIpc) is 2.82. The number of hydrogen-bond donors (Lipinski definition) is 5. The van der Waals surface area contributed by atoms with Crippen molar-refractivity contribution in [3.05, 3.63) is 35.9 Å². The van der Waals surface area contributed by atoms with Crippen molar-refractivity contribution in [1.29, 1.82) is 0 Å². The van der Waals surface area contributed by atoms with Crippen LogP contribution >= 0.6 is 0 Å². The number of imidazole rings is 1. The number of nitrogens with one attached hydrogen (secondary N) is 2. The van der Waals surface area contributed by atoms with Gasteiger partial charge in [-0.05, 0) is 6.07 Å². The molecule has 0 unspecified atom stereocenters. The normalized spacial score (nSPS) is 10.6. The second-order valence-electron chi connectivity index (χ2n) is 3.62. The SMILES string of the molecule is Oc1ccc(CNCc2cnc[nH]2)c(O)c1O. The topological polar surface area (TPSA) is 101 Å². The minimum absolute atomic E-state index is 0.304. The summed E-state index contributed by atoms with van der Waals surface area (Å²) in [4.78, 5) is 6.81. The monoisotopic (exact) mass is 235 g/mol. The maximum absolute atomic E-state index is 9.57. The minimum atomic E-state index is -0.495. The molecule has 0 atom stereocenters. The van der Waals surface area contributed by atoms with E-state index in [4.69, 9.17) is 5.11 Å². The third-order valence-electron chi connectivity index (χ3n) is 2.40. The Balaban J connectivity index is 1.97. The van der Waals surface area contributed by atoms with E-state index in [1.165, 1.54) is 6.07 Å². The summed E-state index contributed by atoms with van der Waals surface area (Å²) in [6.45, 7) is 0.944. The highest BCUT2D eigenvalue weighted by Crippen LogP contribution is 2.36. The van der Waals surface area contributed by atoms with E-state index in [-0.39, 0.29) is 11.5 Å². The van der Waals surface area contributed by atoms with Crippen LogP contribution in [0.3, 0.4) is 0 Å². The maximum atomic E-state index is 9.57. The molecule has 1 aromatic heterocycles. The predicted octanol–water partition coefficient (Wildman–Crippen LogP) is 0.816. The fraction of sp³-hybridized carbons (Fsp3) is 0.182. The first-order valence-corrected chi connectivity index (χ1v) is 5.09. The molecule has 1 aromatic carbocycles. The lowest BCUT2D eigenvalue weighted by Gasteiger charge is -2.08. The highest BCUT2D eigenvalue weighted by Gasteiger charge is 2.10. The Morgan fingerprint density at radius 3 is 2.65 bits per heavy atom. The molecule has 0 radical (unpaired) electrons. The second-order valence-corrected chi connectivity index (χ2v) is 3.62. The maximum Gasteiger partial charge on any atom is 0.200 e.